The molecule has 0 amide bonds. The Labute approximate surface area is 122 Å². The predicted octanol–water partition coefficient (Wildman–Crippen LogP) is 1.64. The number of carbonyl (C=O) groups is 1. The van der Waals surface area contributed by atoms with Crippen LogP contribution < -0.4 is 4.90 Å². The molecule has 1 aromatic heterocycles. The summed E-state index contributed by atoms with van der Waals surface area (Å²) in [5, 5.41) is 19.9. The summed E-state index contributed by atoms with van der Waals surface area (Å²) in [6.45, 7) is 5.52. The molecule has 112 valence electrons. The van der Waals surface area contributed by atoms with E-state index in [1.54, 1.807) is 11.8 Å². The van der Waals surface area contributed by atoms with E-state index in [1.165, 1.54) is 0 Å². The third kappa shape index (κ3) is 4.14. The number of anilines is 1. The maximum atomic E-state index is 11.6. The summed E-state index contributed by atoms with van der Waals surface area (Å²) in [5.74, 6) is -0.221. The maximum absolute atomic E-state index is 11.6. The van der Waals surface area contributed by atoms with Crippen LogP contribution in [0.2, 0.25) is 0 Å². The number of hydrogen-bond donors (Lipinski definition) is 0. The summed E-state index contributed by atoms with van der Waals surface area (Å²) in [4.78, 5) is 27.2. The van der Waals surface area contributed by atoms with Crippen LogP contribution in [0.4, 0.5) is 11.5 Å². The van der Waals surface area contributed by atoms with Crippen molar-refractivity contribution in [3.63, 3.8) is 0 Å². The molecule has 21 heavy (non-hydrogen) atoms. The van der Waals surface area contributed by atoms with Gasteiger partial charge in [0.15, 0.2) is 0 Å². The Morgan fingerprint density at radius 3 is 2.76 bits per heavy atom. The number of nitrogens with zero attached hydrogens (tertiary/aromatic N) is 4. The molecule has 0 aromatic carbocycles. The van der Waals surface area contributed by atoms with Crippen molar-refractivity contribution in [2.24, 2.45) is 0 Å². The molecule has 0 aliphatic heterocycles. The molecule has 0 aliphatic carbocycles. The van der Waals surface area contributed by atoms with Crippen LogP contribution in [0.3, 0.4) is 0 Å². The first-order valence-electron chi connectivity index (χ1n) is 6.37. The zero-order chi connectivity index (χ0) is 16.0. The second-order valence-corrected chi connectivity index (χ2v) is 4.46. The maximum Gasteiger partial charge on any atom is 0.325 e. The van der Waals surface area contributed by atoms with Crippen LogP contribution in [0.15, 0.2) is 12.3 Å². The van der Waals surface area contributed by atoms with Crippen molar-refractivity contribution in [3.05, 3.63) is 27.9 Å². The highest BCUT2D eigenvalue weighted by atomic mass is 16.6. The lowest BCUT2D eigenvalue weighted by atomic mass is 10.2. The average Bonchev–Trinajstić information content (AvgIpc) is 2.44. The Hall–Kier alpha value is -2.69. The quantitative estimate of drug-likeness (QED) is 0.445. The van der Waals surface area contributed by atoms with Gasteiger partial charge in [0.05, 0.1) is 11.5 Å². The third-order valence-electron chi connectivity index (χ3n) is 2.68. The van der Waals surface area contributed by atoms with E-state index < -0.39 is 10.9 Å². The SMILES string of the molecule is CCOC(=O)CN(c1ncc([N+](=O)[O-])cc1C#N)C(C)C. The van der Waals surface area contributed by atoms with E-state index >= 15 is 0 Å². The Balaban J connectivity index is 3.17. The van der Waals surface area contributed by atoms with Gasteiger partial charge < -0.3 is 9.64 Å². The summed E-state index contributed by atoms with van der Waals surface area (Å²) in [5.41, 5.74) is -0.225. The number of aromatic nitrogens is 1. The number of pyridine rings is 1. The molecule has 0 saturated carbocycles. The zero-order valence-electron chi connectivity index (χ0n) is 12.1. The van der Waals surface area contributed by atoms with Gasteiger partial charge in [0.1, 0.15) is 30.2 Å². The van der Waals surface area contributed by atoms with Crippen molar-refractivity contribution >= 4 is 17.5 Å². The molecule has 0 N–H and O–H groups in total. The molecule has 1 rings (SSSR count). The number of hydrogen-bond acceptors (Lipinski definition) is 7. The van der Waals surface area contributed by atoms with Crippen molar-refractivity contribution in [1.82, 2.24) is 4.98 Å². The first kappa shape index (κ1) is 16.4. The number of nitriles is 1. The van der Waals surface area contributed by atoms with E-state index in [-0.39, 0.29) is 36.3 Å². The largest absolute Gasteiger partial charge is 0.465 e. The summed E-state index contributed by atoms with van der Waals surface area (Å²) in [6, 6.07) is 2.88. The van der Waals surface area contributed by atoms with Gasteiger partial charge >= 0.3 is 5.97 Å². The van der Waals surface area contributed by atoms with Gasteiger partial charge in [-0.1, -0.05) is 0 Å². The van der Waals surface area contributed by atoms with E-state index in [0.717, 1.165) is 12.3 Å². The molecule has 0 fully saturated rings. The van der Waals surface area contributed by atoms with Crippen molar-refractivity contribution in [3.8, 4) is 6.07 Å². The number of carbonyl (C=O) groups excluding carboxylic acids is 1. The molecule has 1 aromatic rings. The van der Waals surface area contributed by atoms with Gasteiger partial charge in [0.25, 0.3) is 5.69 Å². The minimum absolute atomic E-state index is 0.0437. The van der Waals surface area contributed by atoms with Crippen LogP contribution in [-0.2, 0) is 9.53 Å². The minimum Gasteiger partial charge on any atom is -0.465 e. The predicted molar refractivity (Wildman–Crippen MR) is 74.7 cm³/mol. The minimum atomic E-state index is -0.622. The first-order valence-corrected chi connectivity index (χ1v) is 6.37. The van der Waals surface area contributed by atoms with Gasteiger partial charge in [-0.2, -0.15) is 5.26 Å². The fourth-order valence-corrected chi connectivity index (χ4v) is 1.71. The Kier molecular flexibility index (Phi) is 5.60. The van der Waals surface area contributed by atoms with E-state index in [4.69, 9.17) is 10.00 Å². The van der Waals surface area contributed by atoms with Crippen LogP contribution in [0, 0.1) is 21.4 Å². The van der Waals surface area contributed by atoms with Crippen molar-refractivity contribution in [2.75, 3.05) is 18.1 Å². The lowest BCUT2D eigenvalue weighted by Crippen LogP contribution is -2.37. The van der Waals surface area contributed by atoms with Crippen LogP contribution >= 0.6 is 0 Å². The first-order chi connectivity index (χ1) is 9.90. The number of rotatable bonds is 6. The average molecular weight is 292 g/mol. The normalized spacial score (nSPS) is 10.0. The van der Waals surface area contributed by atoms with E-state index in [9.17, 15) is 14.9 Å². The smallest absolute Gasteiger partial charge is 0.325 e. The van der Waals surface area contributed by atoms with Crippen molar-refractivity contribution in [1.29, 1.82) is 5.26 Å². The van der Waals surface area contributed by atoms with Gasteiger partial charge in [-0.15, -0.1) is 0 Å². The lowest BCUT2D eigenvalue weighted by Gasteiger charge is -2.27. The number of ether oxygens (including phenoxy) is 1. The fraction of sp³-hybridized carbons (Fsp3) is 0.462. The standard InChI is InChI=1S/C13H16N4O4/c1-4-21-12(18)8-16(9(2)3)13-10(6-14)5-11(7-15-13)17(19)20/h5,7,9H,4,8H2,1-3H3. The number of esters is 1. The highest BCUT2D eigenvalue weighted by Gasteiger charge is 2.22. The van der Waals surface area contributed by atoms with Gasteiger partial charge in [-0.05, 0) is 20.8 Å². The van der Waals surface area contributed by atoms with Crippen LogP contribution in [0.5, 0.6) is 0 Å². The molecule has 0 bridgehead atoms. The topological polar surface area (TPSA) is 109 Å². The van der Waals surface area contributed by atoms with Crippen LogP contribution in [0.25, 0.3) is 0 Å². The van der Waals surface area contributed by atoms with E-state index in [0.29, 0.717) is 0 Å². The lowest BCUT2D eigenvalue weighted by molar-refractivity contribution is -0.385. The molecule has 0 spiro atoms. The van der Waals surface area contributed by atoms with Gasteiger partial charge in [-0.25, -0.2) is 4.98 Å². The Bertz CT molecular complexity index is 580. The molecular weight excluding hydrogens is 276 g/mol. The van der Waals surface area contributed by atoms with Gasteiger partial charge in [0.2, 0.25) is 0 Å². The summed E-state index contributed by atoms with van der Waals surface area (Å²) < 4.78 is 4.88. The molecule has 8 heteroatoms. The molecule has 0 unspecified atom stereocenters. The zero-order valence-corrected chi connectivity index (χ0v) is 12.1. The van der Waals surface area contributed by atoms with E-state index in [1.807, 2.05) is 19.9 Å². The Morgan fingerprint density at radius 2 is 2.29 bits per heavy atom. The van der Waals surface area contributed by atoms with Crippen molar-refractivity contribution in [2.45, 2.75) is 26.8 Å². The van der Waals surface area contributed by atoms with Crippen LogP contribution in [0.1, 0.15) is 26.3 Å². The number of nitro groups is 1. The Morgan fingerprint density at radius 1 is 1.62 bits per heavy atom. The molecular formula is C13H16N4O4. The summed E-state index contributed by atoms with van der Waals surface area (Å²) >= 11 is 0. The molecule has 0 saturated heterocycles. The summed E-state index contributed by atoms with van der Waals surface area (Å²) in [6.07, 6.45) is 1.07. The van der Waals surface area contributed by atoms with E-state index in [2.05, 4.69) is 4.98 Å². The third-order valence-corrected chi connectivity index (χ3v) is 2.68. The second kappa shape index (κ2) is 7.19. The monoisotopic (exact) mass is 292 g/mol. The fourth-order valence-electron chi connectivity index (χ4n) is 1.71. The molecule has 0 radical (unpaired) electrons. The highest BCUT2D eigenvalue weighted by molar-refractivity contribution is 5.76. The van der Waals surface area contributed by atoms with Crippen LogP contribution in [-0.4, -0.2) is 35.1 Å². The molecule has 0 atom stereocenters. The highest BCUT2D eigenvalue weighted by Crippen LogP contribution is 2.23. The van der Waals surface area contributed by atoms with Crippen molar-refractivity contribution < 1.29 is 14.5 Å². The molecule has 1 heterocycles. The van der Waals surface area contributed by atoms with Gasteiger partial charge in [0, 0.05) is 12.1 Å². The second-order valence-electron chi connectivity index (χ2n) is 4.46. The summed E-state index contributed by atoms with van der Waals surface area (Å²) in [7, 11) is 0. The van der Waals surface area contributed by atoms with Gasteiger partial charge in [-0.3, -0.25) is 14.9 Å². The molecule has 8 nitrogen and oxygen atoms in total. The molecule has 0 aliphatic rings.